The molecule has 0 fully saturated rings. The van der Waals surface area contributed by atoms with Crippen molar-refractivity contribution in [1.82, 2.24) is 0 Å². The van der Waals surface area contributed by atoms with E-state index in [0.29, 0.717) is 17.4 Å². The molecule has 0 saturated carbocycles. The van der Waals surface area contributed by atoms with Gasteiger partial charge in [0, 0.05) is 17.2 Å². The first-order valence-corrected chi connectivity index (χ1v) is 5.01. The number of hydrogen-bond acceptors (Lipinski definition) is 2. The molecule has 2 N–H and O–H groups in total. The van der Waals surface area contributed by atoms with Crippen LogP contribution in [0.4, 0.5) is 8.78 Å². The van der Waals surface area contributed by atoms with Gasteiger partial charge < -0.3 is 10.2 Å². The van der Waals surface area contributed by atoms with E-state index in [4.69, 9.17) is 10.2 Å². The van der Waals surface area contributed by atoms with E-state index in [1.165, 1.54) is 12.3 Å². The Kier molecular flexibility index (Phi) is 2.46. The molecule has 0 aliphatic rings. The predicted molar refractivity (Wildman–Crippen MR) is 58.1 cm³/mol. The Morgan fingerprint density at radius 1 is 1.31 bits per heavy atom. The summed E-state index contributed by atoms with van der Waals surface area (Å²) in [6, 6.07) is 2.36. The molecule has 0 aliphatic carbocycles. The van der Waals surface area contributed by atoms with Gasteiger partial charge in [0.15, 0.2) is 0 Å². The summed E-state index contributed by atoms with van der Waals surface area (Å²) in [6.07, 6.45) is 1.64. The zero-order valence-corrected chi connectivity index (χ0v) is 9.18. The average molecular weight is 225 g/mol. The molecule has 0 radical (unpaired) electrons. The normalized spacial score (nSPS) is 12.3. The number of fused-ring (bicyclic) bond motifs is 1. The van der Waals surface area contributed by atoms with Crippen LogP contribution in [-0.4, -0.2) is 5.54 Å². The minimum Gasteiger partial charge on any atom is -0.464 e. The third kappa shape index (κ3) is 1.93. The molecule has 1 aromatic heterocycles. The van der Waals surface area contributed by atoms with Crippen molar-refractivity contribution in [2.75, 3.05) is 0 Å². The van der Waals surface area contributed by atoms with Crippen LogP contribution in [0.1, 0.15) is 19.4 Å². The van der Waals surface area contributed by atoms with Crippen molar-refractivity contribution in [3.63, 3.8) is 0 Å². The summed E-state index contributed by atoms with van der Waals surface area (Å²) >= 11 is 0. The van der Waals surface area contributed by atoms with Gasteiger partial charge in [0.2, 0.25) is 0 Å². The summed E-state index contributed by atoms with van der Waals surface area (Å²) in [5.41, 5.74) is 5.84. The van der Waals surface area contributed by atoms with Gasteiger partial charge in [0.1, 0.15) is 17.2 Å². The van der Waals surface area contributed by atoms with Crippen LogP contribution in [0.5, 0.6) is 0 Å². The second-order valence-corrected chi connectivity index (χ2v) is 4.65. The molecule has 0 bridgehead atoms. The lowest BCUT2D eigenvalue weighted by Crippen LogP contribution is -2.34. The molecular formula is C12H13F2NO. The molecule has 0 atom stereocenters. The van der Waals surface area contributed by atoms with Crippen molar-refractivity contribution in [1.29, 1.82) is 0 Å². The smallest absolute Gasteiger partial charge is 0.142 e. The van der Waals surface area contributed by atoms with Crippen LogP contribution >= 0.6 is 0 Å². The van der Waals surface area contributed by atoms with Crippen LogP contribution in [0.2, 0.25) is 0 Å². The van der Waals surface area contributed by atoms with E-state index in [9.17, 15) is 8.78 Å². The summed E-state index contributed by atoms with van der Waals surface area (Å²) in [6.45, 7) is 3.56. The number of benzene rings is 1. The van der Waals surface area contributed by atoms with Gasteiger partial charge in [-0.1, -0.05) is 0 Å². The molecule has 16 heavy (non-hydrogen) atoms. The van der Waals surface area contributed by atoms with Crippen molar-refractivity contribution < 1.29 is 13.2 Å². The van der Waals surface area contributed by atoms with Crippen LogP contribution in [0.15, 0.2) is 22.8 Å². The van der Waals surface area contributed by atoms with E-state index in [2.05, 4.69) is 0 Å². The largest absolute Gasteiger partial charge is 0.464 e. The van der Waals surface area contributed by atoms with Crippen LogP contribution in [-0.2, 0) is 6.42 Å². The molecule has 0 aliphatic heterocycles. The molecule has 0 spiro atoms. The third-order valence-electron chi connectivity index (χ3n) is 2.37. The number of hydrogen-bond donors (Lipinski definition) is 1. The van der Waals surface area contributed by atoms with Gasteiger partial charge in [0.05, 0.1) is 11.6 Å². The molecule has 2 rings (SSSR count). The molecular weight excluding hydrogens is 212 g/mol. The van der Waals surface area contributed by atoms with Crippen LogP contribution in [0, 0.1) is 11.6 Å². The van der Waals surface area contributed by atoms with E-state index < -0.39 is 17.2 Å². The fourth-order valence-corrected chi connectivity index (χ4v) is 1.74. The summed E-state index contributed by atoms with van der Waals surface area (Å²) in [7, 11) is 0. The van der Waals surface area contributed by atoms with E-state index in [0.717, 1.165) is 6.07 Å². The van der Waals surface area contributed by atoms with Gasteiger partial charge in [-0.25, -0.2) is 8.78 Å². The van der Waals surface area contributed by atoms with Crippen LogP contribution in [0.25, 0.3) is 11.0 Å². The summed E-state index contributed by atoms with van der Waals surface area (Å²) < 4.78 is 32.1. The Bertz CT molecular complexity index is 526. The first-order chi connectivity index (χ1) is 7.38. The van der Waals surface area contributed by atoms with Crippen LogP contribution in [0.3, 0.4) is 0 Å². The SMILES string of the molecule is CC(C)(N)Cc1c(F)cc(F)c2ccoc12. The Morgan fingerprint density at radius 3 is 2.62 bits per heavy atom. The first kappa shape index (κ1) is 11.1. The molecule has 2 aromatic rings. The van der Waals surface area contributed by atoms with Gasteiger partial charge in [-0.05, 0) is 26.3 Å². The van der Waals surface area contributed by atoms with Crippen molar-refractivity contribution in [2.24, 2.45) is 5.73 Å². The lowest BCUT2D eigenvalue weighted by Gasteiger charge is -2.18. The minimum atomic E-state index is -0.613. The summed E-state index contributed by atoms with van der Waals surface area (Å²) in [4.78, 5) is 0. The topological polar surface area (TPSA) is 39.2 Å². The molecule has 2 nitrogen and oxygen atoms in total. The van der Waals surface area contributed by atoms with Gasteiger partial charge in [-0.3, -0.25) is 0 Å². The van der Waals surface area contributed by atoms with Gasteiger partial charge in [0.25, 0.3) is 0 Å². The molecule has 4 heteroatoms. The number of rotatable bonds is 2. The Balaban J connectivity index is 2.64. The van der Waals surface area contributed by atoms with E-state index >= 15 is 0 Å². The maximum Gasteiger partial charge on any atom is 0.142 e. The van der Waals surface area contributed by atoms with Crippen molar-refractivity contribution in [2.45, 2.75) is 25.8 Å². The summed E-state index contributed by atoms with van der Waals surface area (Å²) in [5.74, 6) is -1.22. The number of nitrogens with two attached hydrogens (primary N) is 1. The fraction of sp³-hybridized carbons (Fsp3) is 0.333. The van der Waals surface area contributed by atoms with Gasteiger partial charge in [-0.15, -0.1) is 0 Å². The fourth-order valence-electron chi connectivity index (χ4n) is 1.74. The van der Waals surface area contributed by atoms with Crippen molar-refractivity contribution in [3.8, 4) is 0 Å². The standard InChI is InChI=1S/C12H13F2NO/c1-12(2,15)6-8-10(14)5-9(13)7-3-4-16-11(7)8/h3-5H,6,15H2,1-2H3. The van der Waals surface area contributed by atoms with Crippen LogP contribution < -0.4 is 5.73 Å². The minimum absolute atomic E-state index is 0.246. The van der Waals surface area contributed by atoms with Gasteiger partial charge >= 0.3 is 0 Å². The number of halogens is 2. The highest BCUT2D eigenvalue weighted by Crippen LogP contribution is 2.28. The second kappa shape index (κ2) is 3.56. The molecule has 1 aromatic carbocycles. The Hall–Kier alpha value is -1.42. The Morgan fingerprint density at radius 2 is 2.00 bits per heavy atom. The lowest BCUT2D eigenvalue weighted by molar-refractivity contribution is 0.488. The molecule has 1 heterocycles. The monoisotopic (exact) mass is 225 g/mol. The van der Waals surface area contributed by atoms with Gasteiger partial charge in [-0.2, -0.15) is 0 Å². The maximum atomic E-state index is 13.6. The highest BCUT2D eigenvalue weighted by atomic mass is 19.1. The highest BCUT2D eigenvalue weighted by molar-refractivity contribution is 5.81. The van der Waals surface area contributed by atoms with Crippen molar-refractivity contribution >= 4 is 11.0 Å². The average Bonchev–Trinajstić information content (AvgIpc) is 2.59. The quantitative estimate of drug-likeness (QED) is 0.853. The second-order valence-electron chi connectivity index (χ2n) is 4.65. The Labute approximate surface area is 92.0 Å². The third-order valence-corrected chi connectivity index (χ3v) is 2.37. The molecule has 0 saturated heterocycles. The van der Waals surface area contributed by atoms with E-state index in [1.54, 1.807) is 13.8 Å². The van der Waals surface area contributed by atoms with E-state index in [1.807, 2.05) is 0 Å². The molecule has 0 unspecified atom stereocenters. The lowest BCUT2D eigenvalue weighted by atomic mass is 9.94. The van der Waals surface area contributed by atoms with Crippen molar-refractivity contribution in [3.05, 3.63) is 35.6 Å². The molecule has 86 valence electrons. The highest BCUT2D eigenvalue weighted by Gasteiger charge is 2.20. The summed E-state index contributed by atoms with van der Waals surface area (Å²) in [5, 5.41) is 0.292. The first-order valence-electron chi connectivity index (χ1n) is 5.01. The zero-order chi connectivity index (χ0) is 11.9. The maximum absolute atomic E-state index is 13.6. The number of furan rings is 1. The molecule has 0 amide bonds. The predicted octanol–water partition coefficient (Wildman–Crippen LogP) is 2.99. The van der Waals surface area contributed by atoms with E-state index in [-0.39, 0.29) is 5.58 Å². The zero-order valence-electron chi connectivity index (χ0n) is 9.18.